The van der Waals surface area contributed by atoms with Crippen LogP contribution in [0.25, 0.3) is 0 Å². The minimum atomic E-state index is -2.87. The molecule has 1 atom stereocenters. The summed E-state index contributed by atoms with van der Waals surface area (Å²) in [5, 5.41) is 9.19. The molecule has 1 fully saturated rings. The van der Waals surface area contributed by atoms with Crippen molar-refractivity contribution in [1.29, 1.82) is 0 Å². The van der Waals surface area contributed by atoms with Crippen LogP contribution in [0.3, 0.4) is 0 Å². The van der Waals surface area contributed by atoms with Gasteiger partial charge in [-0.05, 0) is 24.0 Å². The van der Waals surface area contributed by atoms with Crippen molar-refractivity contribution >= 4 is 33.2 Å². The van der Waals surface area contributed by atoms with Gasteiger partial charge in [0.2, 0.25) is 5.89 Å². The summed E-state index contributed by atoms with van der Waals surface area (Å²) in [5.74, 6) is 1.73. The van der Waals surface area contributed by atoms with Gasteiger partial charge in [-0.2, -0.15) is 0 Å². The molecule has 2 heterocycles. The Kier molecular flexibility index (Phi) is 4.75. The van der Waals surface area contributed by atoms with Gasteiger partial charge in [0.1, 0.15) is 0 Å². The van der Waals surface area contributed by atoms with Gasteiger partial charge < -0.3 is 4.42 Å². The SMILES string of the molecule is O=S1(=O)CC[C@@H](Cc2nnc(SCc3ccccc3Cl)o2)C1. The van der Waals surface area contributed by atoms with Gasteiger partial charge >= 0.3 is 0 Å². The third-order valence-electron chi connectivity index (χ3n) is 3.55. The molecule has 0 N–H and O–H groups in total. The van der Waals surface area contributed by atoms with E-state index in [2.05, 4.69) is 10.2 Å². The molecule has 1 aromatic heterocycles. The fraction of sp³-hybridized carbons (Fsp3) is 0.429. The molecular formula is C14H15ClN2O3S2. The molecule has 1 aromatic carbocycles. The first-order valence-electron chi connectivity index (χ1n) is 6.91. The summed E-state index contributed by atoms with van der Waals surface area (Å²) in [7, 11) is -2.87. The van der Waals surface area contributed by atoms with Gasteiger partial charge in [0.15, 0.2) is 9.84 Å². The summed E-state index contributed by atoms with van der Waals surface area (Å²) in [5.41, 5.74) is 1.01. The minimum absolute atomic E-state index is 0.0897. The molecule has 0 radical (unpaired) electrons. The van der Waals surface area contributed by atoms with Crippen molar-refractivity contribution in [3.05, 3.63) is 40.7 Å². The second-order valence-corrected chi connectivity index (χ2v) is 8.88. The summed E-state index contributed by atoms with van der Waals surface area (Å²) in [6, 6.07) is 7.62. The average Bonchev–Trinajstić information content (AvgIpc) is 3.05. The van der Waals surface area contributed by atoms with E-state index in [0.717, 1.165) is 5.56 Å². The van der Waals surface area contributed by atoms with Crippen LogP contribution in [0.5, 0.6) is 0 Å². The zero-order valence-electron chi connectivity index (χ0n) is 11.7. The molecule has 0 amide bonds. The molecule has 0 bridgehead atoms. The lowest BCUT2D eigenvalue weighted by molar-refractivity contribution is 0.389. The van der Waals surface area contributed by atoms with E-state index >= 15 is 0 Å². The number of sulfone groups is 1. The first-order valence-corrected chi connectivity index (χ1v) is 10.1. The number of thioether (sulfide) groups is 1. The van der Waals surface area contributed by atoms with Gasteiger partial charge in [0.05, 0.1) is 11.5 Å². The highest BCUT2D eigenvalue weighted by Crippen LogP contribution is 2.27. The quantitative estimate of drug-likeness (QED) is 0.765. The molecule has 2 aromatic rings. The molecule has 0 spiro atoms. The molecule has 118 valence electrons. The first-order chi connectivity index (χ1) is 10.5. The summed E-state index contributed by atoms with van der Waals surface area (Å²) in [6.45, 7) is 0. The number of aromatic nitrogens is 2. The highest BCUT2D eigenvalue weighted by molar-refractivity contribution is 7.98. The van der Waals surface area contributed by atoms with Gasteiger partial charge in [-0.3, -0.25) is 0 Å². The lowest BCUT2D eigenvalue weighted by Gasteiger charge is -2.02. The third-order valence-corrected chi connectivity index (χ3v) is 6.62. The van der Waals surface area contributed by atoms with E-state index in [0.29, 0.717) is 34.7 Å². The largest absolute Gasteiger partial charge is 0.416 e. The van der Waals surface area contributed by atoms with E-state index in [4.69, 9.17) is 16.0 Å². The van der Waals surface area contributed by atoms with Crippen LogP contribution < -0.4 is 0 Å². The predicted molar refractivity (Wildman–Crippen MR) is 85.8 cm³/mol. The van der Waals surface area contributed by atoms with Crippen molar-refractivity contribution in [3.8, 4) is 0 Å². The Morgan fingerprint density at radius 3 is 2.86 bits per heavy atom. The van der Waals surface area contributed by atoms with E-state index < -0.39 is 9.84 Å². The van der Waals surface area contributed by atoms with Gasteiger partial charge in [0, 0.05) is 17.2 Å². The van der Waals surface area contributed by atoms with Crippen LogP contribution in [0.1, 0.15) is 17.9 Å². The van der Waals surface area contributed by atoms with Crippen LogP contribution in [-0.4, -0.2) is 30.1 Å². The number of halogens is 1. The van der Waals surface area contributed by atoms with Gasteiger partial charge in [-0.25, -0.2) is 8.42 Å². The third kappa shape index (κ3) is 4.02. The maximum absolute atomic E-state index is 11.4. The second kappa shape index (κ2) is 6.60. The lowest BCUT2D eigenvalue weighted by atomic mass is 10.1. The highest BCUT2D eigenvalue weighted by atomic mass is 35.5. The number of benzene rings is 1. The highest BCUT2D eigenvalue weighted by Gasteiger charge is 2.29. The van der Waals surface area contributed by atoms with Gasteiger partial charge in [0.25, 0.3) is 5.22 Å². The Morgan fingerprint density at radius 2 is 2.14 bits per heavy atom. The van der Waals surface area contributed by atoms with Crippen molar-refractivity contribution in [2.24, 2.45) is 5.92 Å². The van der Waals surface area contributed by atoms with Crippen LogP contribution in [0.2, 0.25) is 5.02 Å². The standard InChI is InChI=1S/C14H15ClN2O3S2/c15-12-4-2-1-3-11(12)8-21-14-17-16-13(20-14)7-10-5-6-22(18,19)9-10/h1-4,10H,5-9H2/t10-/m0/s1. The van der Waals surface area contributed by atoms with E-state index in [1.54, 1.807) is 0 Å². The Labute approximate surface area is 138 Å². The fourth-order valence-electron chi connectivity index (χ4n) is 2.41. The molecule has 22 heavy (non-hydrogen) atoms. The van der Waals surface area contributed by atoms with Gasteiger partial charge in [-0.15, -0.1) is 10.2 Å². The van der Waals surface area contributed by atoms with E-state index in [-0.39, 0.29) is 17.4 Å². The Balaban J connectivity index is 1.57. The molecule has 1 aliphatic rings. The van der Waals surface area contributed by atoms with Crippen molar-refractivity contribution in [1.82, 2.24) is 10.2 Å². The van der Waals surface area contributed by atoms with Crippen molar-refractivity contribution < 1.29 is 12.8 Å². The number of hydrogen-bond donors (Lipinski definition) is 0. The molecule has 0 saturated carbocycles. The summed E-state index contributed by atoms with van der Waals surface area (Å²) in [4.78, 5) is 0. The Hall–Kier alpha value is -1.05. The minimum Gasteiger partial charge on any atom is -0.416 e. The molecule has 1 aliphatic heterocycles. The van der Waals surface area contributed by atoms with Crippen molar-refractivity contribution in [3.63, 3.8) is 0 Å². The zero-order valence-corrected chi connectivity index (χ0v) is 14.1. The molecular weight excluding hydrogens is 344 g/mol. The van der Waals surface area contributed by atoms with Crippen LogP contribution in [0, 0.1) is 5.92 Å². The fourth-order valence-corrected chi connectivity index (χ4v) is 5.34. The molecule has 1 saturated heterocycles. The summed E-state index contributed by atoms with van der Waals surface area (Å²) in [6.07, 6.45) is 1.20. The first kappa shape index (κ1) is 15.8. The van der Waals surface area contributed by atoms with Crippen LogP contribution in [0.15, 0.2) is 33.9 Å². The average molecular weight is 359 g/mol. The number of nitrogens with zero attached hydrogens (tertiary/aromatic N) is 2. The van der Waals surface area contributed by atoms with Crippen LogP contribution >= 0.6 is 23.4 Å². The van der Waals surface area contributed by atoms with E-state index in [1.807, 2.05) is 24.3 Å². The molecule has 8 heteroatoms. The molecule has 3 rings (SSSR count). The lowest BCUT2D eigenvalue weighted by Crippen LogP contribution is -2.07. The smallest absolute Gasteiger partial charge is 0.276 e. The Bertz CT molecular complexity index is 761. The van der Waals surface area contributed by atoms with Crippen molar-refractivity contribution in [2.75, 3.05) is 11.5 Å². The normalized spacial score (nSPS) is 20.3. The van der Waals surface area contributed by atoms with E-state index in [1.165, 1.54) is 11.8 Å². The number of hydrogen-bond acceptors (Lipinski definition) is 6. The van der Waals surface area contributed by atoms with Crippen molar-refractivity contribution in [2.45, 2.75) is 23.8 Å². The monoisotopic (exact) mass is 358 g/mol. The maximum atomic E-state index is 11.4. The maximum Gasteiger partial charge on any atom is 0.276 e. The van der Waals surface area contributed by atoms with Crippen LogP contribution in [-0.2, 0) is 22.0 Å². The summed E-state index contributed by atoms with van der Waals surface area (Å²) >= 11 is 7.52. The second-order valence-electron chi connectivity index (χ2n) is 5.31. The molecule has 0 aliphatic carbocycles. The van der Waals surface area contributed by atoms with E-state index in [9.17, 15) is 8.42 Å². The topological polar surface area (TPSA) is 73.1 Å². The molecule has 5 nitrogen and oxygen atoms in total. The predicted octanol–water partition coefficient (Wildman–Crippen LogP) is 2.99. The summed E-state index contributed by atoms with van der Waals surface area (Å²) < 4.78 is 28.5. The van der Waals surface area contributed by atoms with Crippen LogP contribution in [0.4, 0.5) is 0 Å². The number of rotatable bonds is 5. The Morgan fingerprint density at radius 1 is 1.32 bits per heavy atom. The zero-order chi connectivity index (χ0) is 15.6. The molecule has 0 unspecified atom stereocenters. The van der Waals surface area contributed by atoms with Gasteiger partial charge in [-0.1, -0.05) is 41.6 Å².